The number of hydrogen-bond acceptors (Lipinski definition) is 3. The molecule has 2 aromatic rings. The fourth-order valence-electron chi connectivity index (χ4n) is 1.36. The van der Waals surface area contributed by atoms with E-state index in [0.29, 0.717) is 10.3 Å². The van der Waals surface area contributed by atoms with Gasteiger partial charge in [-0.25, -0.2) is 9.37 Å². The van der Waals surface area contributed by atoms with Crippen LogP contribution in [0.2, 0.25) is 0 Å². The van der Waals surface area contributed by atoms with Gasteiger partial charge in [0.05, 0.1) is 11.4 Å². The van der Waals surface area contributed by atoms with E-state index in [0.717, 1.165) is 6.07 Å². The summed E-state index contributed by atoms with van der Waals surface area (Å²) in [6, 6.07) is 7.20. The third kappa shape index (κ3) is 2.65. The Bertz CT molecular complexity index is 604. The van der Waals surface area contributed by atoms with Crippen LogP contribution in [-0.4, -0.2) is 10.9 Å². The second-order valence-corrected chi connectivity index (χ2v) is 4.28. The average molecular weight is 310 g/mol. The Morgan fingerprint density at radius 2 is 2.17 bits per heavy atom. The molecule has 0 saturated heterocycles. The molecule has 0 spiro atoms. The van der Waals surface area contributed by atoms with E-state index in [4.69, 9.17) is 5.73 Å². The molecule has 2 rings (SSSR count). The Hall–Kier alpha value is -1.95. The maximum absolute atomic E-state index is 13.0. The standard InChI is InChI=1S/C12H9BrFN3O/c13-11-10(2-1-5-16-11)17-12(18)7-3-4-8(14)9(15)6-7/h1-6H,15H2,(H,17,18). The van der Waals surface area contributed by atoms with Crippen molar-refractivity contribution in [1.29, 1.82) is 0 Å². The van der Waals surface area contributed by atoms with Gasteiger partial charge in [-0.05, 0) is 46.3 Å². The van der Waals surface area contributed by atoms with Crippen LogP contribution < -0.4 is 11.1 Å². The number of nitrogens with two attached hydrogens (primary N) is 1. The van der Waals surface area contributed by atoms with Crippen molar-refractivity contribution in [3.63, 3.8) is 0 Å². The van der Waals surface area contributed by atoms with Gasteiger partial charge in [0.15, 0.2) is 0 Å². The highest BCUT2D eigenvalue weighted by Crippen LogP contribution is 2.20. The number of rotatable bonds is 2. The molecule has 1 aromatic carbocycles. The van der Waals surface area contributed by atoms with E-state index in [-0.39, 0.29) is 17.2 Å². The van der Waals surface area contributed by atoms with Gasteiger partial charge in [-0.3, -0.25) is 4.79 Å². The molecule has 0 atom stereocenters. The van der Waals surface area contributed by atoms with E-state index in [9.17, 15) is 9.18 Å². The zero-order chi connectivity index (χ0) is 13.1. The molecule has 92 valence electrons. The van der Waals surface area contributed by atoms with Gasteiger partial charge in [0, 0.05) is 11.8 Å². The number of hydrogen-bond donors (Lipinski definition) is 2. The number of pyridine rings is 1. The number of nitrogens with zero attached hydrogens (tertiary/aromatic N) is 1. The first kappa shape index (κ1) is 12.5. The Balaban J connectivity index is 2.22. The third-order valence-electron chi connectivity index (χ3n) is 2.27. The van der Waals surface area contributed by atoms with Crippen LogP contribution in [0.25, 0.3) is 0 Å². The second kappa shape index (κ2) is 5.14. The Labute approximate surface area is 111 Å². The third-order valence-corrected chi connectivity index (χ3v) is 2.90. The predicted octanol–water partition coefficient (Wildman–Crippen LogP) is 2.82. The highest BCUT2D eigenvalue weighted by molar-refractivity contribution is 9.10. The monoisotopic (exact) mass is 309 g/mol. The number of aromatic nitrogens is 1. The van der Waals surface area contributed by atoms with Crippen molar-refractivity contribution in [2.24, 2.45) is 0 Å². The number of carbonyl (C=O) groups excluding carboxylic acids is 1. The normalized spacial score (nSPS) is 10.1. The van der Waals surface area contributed by atoms with Crippen LogP contribution in [0.5, 0.6) is 0 Å². The first-order valence-electron chi connectivity index (χ1n) is 5.05. The Kier molecular flexibility index (Phi) is 3.57. The van der Waals surface area contributed by atoms with E-state index in [1.165, 1.54) is 12.1 Å². The van der Waals surface area contributed by atoms with Crippen molar-refractivity contribution in [2.45, 2.75) is 0 Å². The van der Waals surface area contributed by atoms with Gasteiger partial charge in [0.2, 0.25) is 0 Å². The van der Waals surface area contributed by atoms with E-state index in [1.54, 1.807) is 18.3 Å². The molecular weight excluding hydrogens is 301 g/mol. The van der Waals surface area contributed by atoms with Crippen molar-refractivity contribution in [3.05, 3.63) is 52.5 Å². The van der Waals surface area contributed by atoms with Crippen LogP contribution in [0.15, 0.2) is 41.1 Å². The molecule has 18 heavy (non-hydrogen) atoms. The van der Waals surface area contributed by atoms with Gasteiger partial charge < -0.3 is 11.1 Å². The molecule has 0 saturated carbocycles. The minimum absolute atomic E-state index is 0.0621. The summed E-state index contributed by atoms with van der Waals surface area (Å²) in [6.45, 7) is 0. The summed E-state index contributed by atoms with van der Waals surface area (Å²) in [7, 11) is 0. The molecule has 0 fully saturated rings. The molecule has 1 amide bonds. The maximum Gasteiger partial charge on any atom is 0.255 e. The number of amides is 1. The summed E-state index contributed by atoms with van der Waals surface area (Å²) in [6.07, 6.45) is 1.59. The van der Waals surface area contributed by atoms with Crippen molar-refractivity contribution in [2.75, 3.05) is 11.1 Å². The zero-order valence-electron chi connectivity index (χ0n) is 9.15. The summed E-state index contributed by atoms with van der Waals surface area (Å²) in [5.41, 5.74) is 6.16. The minimum Gasteiger partial charge on any atom is -0.396 e. The molecule has 1 heterocycles. The van der Waals surface area contributed by atoms with E-state index < -0.39 is 5.82 Å². The van der Waals surface area contributed by atoms with E-state index >= 15 is 0 Å². The molecule has 0 aliphatic heterocycles. The van der Waals surface area contributed by atoms with Crippen molar-refractivity contribution in [1.82, 2.24) is 4.98 Å². The van der Waals surface area contributed by atoms with Crippen molar-refractivity contribution < 1.29 is 9.18 Å². The highest BCUT2D eigenvalue weighted by atomic mass is 79.9. The number of anilines is 2. The molecular formula is C12H9BrFN3O. The molecule has 6 heteroatoms. The Morgan fingerprint density at radius 3 is 2.83 bits per heavy atom. The molecule has 0 aliphatic rings. The lowest BCUT2D eigenvalue weighted by molar-refractivity contribution is 0.102. The Morgan fingerprint density at radius 1 is 1.39 bits per heavy atom. The van der Waals surface area contributed by atoms with Gasteiger partial charge in [-0.15, -0.1) is 0 Å². The molecule has 0 aliphatic carbocycles. The molecule has 1 aromatic heterocycles. The number of nitrogens with one attached hydrogen (secondary N) is 1. The van der Waals surface area contributed by atoms with Crippen molar-refractivity contribution in [3.8, 4) is 0 Å². The van der Waals surface area contributed by atoms with Gasteiger partial charge in [-0.2, -0.15) is 0 Å². The highest BCUT2D eigenvalue weighted by Gasteiger charge is 2.10. The topological polar surface area (TPSA) is 68.0 Å². The lowest BCUT2D eigenvalue weighted by Gasteiger charge is -2.07. The SMILES string of the molecule is Nc1cc(C(=O)Nc2cccnc2Br)ccc1F. The van der Waals surface area contributed by atoms with Crippen LogP contribution in [0.3, 0.4) is 0 Å². The lowest BCUT2D eigenvalue weighted by Crippen LogP contribution is -2.13. The predicted molar refractivity (Wildman–Crippen MR) is 70.7 cm³/mol. The van der Waals surface area contributed by atoms with Gasteiger partial charge in [-0.1, -0.05) is 0 Å². The van der Waals surface area contributed by atoms with Gasteiger partial charge in [0.1, 0.15) is 10.4 Å². The summed E-state index contributed by atoms with van der Waals surface area (Å²) < 4.78 is 13.5. The summed E-state index contributed by atoms with van der Waals surface area (Å²) in [5, 5.41) is 2.65. The van der Waals surface area contributed by atoms with Crippen LogP contribution in [0.1, 0.15) is 10.4 Å². The molecule has 0 bridgehead atoms. The summed E-state index contributed by atoms with van der Waals surface area (Å²) >= 11 is 3.21. The lowest BCUT2D eigenvalue weighted by atomic mass is 10.2. The fourth-order valence-corrected chi connectivity index (χ4v) is 1.71. The smallest absolute Gasteiger partial charge is 0.255 e. The molecule has 4 nitrogen and oxygen atoms in total. The number of carbonyl (C=O) groups is 1. The molecule has 0 radical (unpaired) electrons. The molecule has 0 unspecified atom stereocenters. The average Bonchev–Trinajstić information content (AvgIpc) is 2.35. The molecule has 3 N–H and O–H groups in total. The minimum atomic E-state index is -0.547. The van der Waals surface area contributed by atoms with Crippen molar-refractivity contribution >= 4 is 33.2 Å². The first-order valence-corrected chi connectivity index (χ1v) is 5.84. The van der Waals surface area contributed by atoms with Crippen LogP contribution in [0, 0.1) is 5.82 Å². The van der Waals surface area contributed by atoms with Crippen LogP contribution in [0.4, 0.5) is 15.8 Å². The number of halogens is 2. The largest absolute Gasteiger partial charge is 0.396 e. The van der Waals surface area contributed by atoms with E-state index in [2.05, 4.69) is 26.2 Å². The summed E-state index contributed by atoms with van der Waals surface area (Å²) in [5.74, 6) is -0.926. The zero-order valence-corrected chi connectivity index (χ0v) is 10.7. The summed E-state index contributed by atoms with van der Waals surface area (Å²) in [4.78, 5) is 15.9. The maximum atomic E-state index is 13.0. The second-order valence-electron chi connectivity index (χ2n) is 3.53. The van der Waals surface area contributed by atoms with E-state index in [1.807, 2.05) is 0 Å². The fraction of sp³-hybridized carbons (Fsp3) is 0. The number of nitrogen functional groups attached to an aromatic ring is 1. The number of benzene rings is 1. The van der Waals surface area contributed by atoms with Crippen LogP contribution in [-0.2, 0) is 0 Å². The quantitative estimate of drug-likeness (QED) is 0.662. The first-order chi connectivity index (χ1) is 8.58. The van der Waals surface area contributed by atoms with Gasteiger partial charge in [0.25, 0.3) is 5.91 Å². The van der Waals surface area contributed by atoms with Crippen LogP contribution >= 0.6 is 15.9 Å². The van der Waals surface area contributed by atoms with Gasteiger partial charge >= 0.3 is 0 Å².